The Morgan fingerprint density at radius 2 is 1.89 bits per heavy atom. The molecule has 0 bridgehead atoms. The van der Waals surface area contributed by atoms with E-state index >= 15 is 0 Å². The molecule has 0 unspecified atom stereocenters. The molecule has 2 N–H and O–H groups in total. The Bertz CT molecular complexity index is 896. The van der Waals surface area contributed by atoms with E-state index in [4.69, 9.17) is 9.47 Å². The molecule has 0 saturated heterocycles. The molecule has 0 aliphatic rings. The van der Waals surface area contributed by atoms with Crippen LogP contribution in [0.15, 0.2) is 41.4 Å². The maximum absolute atomic E-state index is 12.5. The third kappa shape index (κ3) is 5.41. The van der Waals surface area contributed by atoms with Gasteiger partial charge in [0.25, 0.3) is 5.91 Å². The fourth-order valence-electron chi connectivity index (χ4n) is 2.32. The molecular formula is C18H23N3O5S. The van der Waals surface area contributed by atoms with Crippen molar-refractivity contribution in [1.82, 2.24) is 15.0 Å². The van der Waals surface area contributed by atoms with Crippen LogP contribution in [0.3, 0.4) is 0 Å². The molecule has 0 spiro atoms. The molecule has 0 fully saturated rings. The lowest BCUT2D eigenvalue weighted by atomic mass is 10.2. The fourth-order valence-corrected chi connectivity index (χ4v) is 3.77. The number of sulfonamides is 1. The fraction of sp³-hybridized carbons (Fsp3) is 0.333. The third-order valence-corrected chi connectivity index (χ3v) is 5.25. The zero-order valence-electron chi connectivity index (χ0n) is 15.6. The number of pyridine rings is 1. The maximum atomic E-state index is 12.5. The second-order valence-corrected chi connectivity index (χ2v) is 7.72. The van der Waals surface area contributed by atoms with Crippen molar-refractivity contribution in [3.63, 3.8) is 0 Å². The number of carbonyl (C=O) groups excluding carboxylic acids is 1. The zero-order valence-corrected chi connectivity index (χ0v) is 16.5. The Balaban J connectivity index is 2.19. The standard InChI is InChI=1S/C18H23N3O5S/c1-12(2)21-27(23,24)16-9-14(6-7-15(16)25-3)18(22)20-11-13-5-8-17(26-4)19-10-13/h5-10,12,21H,11H2,1-4H3,(H,20,22). The van der Waals surface area contributed by atoms with Crippen molar-refractivity contribution in [3.05, 3.63) is 47.7 Å². The summed E-state index contributed by atoms with van der Waals surface area (Å²) < 4.78 is 37.6. The summed E-state index contributed by atoms with van der Waals surface area (Å²) in [4.78, 5) is 16.4. The quantitative estimate of drug-likeness (QED) is 0.707. The van der Waals surface area contributed by atoms with Gasteiger partial charge in [0.2, 0.25) is 15.9 Å². The summed E-state index contributed by atoms with van der Waals surface area (Å²) in [6, 6.07) is 7.44. The molecule has 1 aromatic carbocycles. The predicted molar refractivity (Wildman–Crippen MR) is 100 cm³/mol. The van der Waals surface area contributed by atoms with Gasteiger partial charge in [-0.1, -0.05) is 6.07 Å². The van der Waals surface area contributed by atoms with Crippen LogP contribution in [-0.4, -0.2) is 39.6 Å². The van der Waals surface area contributed by atoms with Crippen LogP contribution in [0.25, 0.3) is 0 Å². The molecule has 1 amide bonds. The monoisotopic (exact) mass is 393 g/mol. The topological polar surface area (TPSA) is 107 Å². The van der Waals surface area contributed by atoms with E-state index in [2.05, 4.69) is 15.0 Å². The molecule has 0 aliphatic carbocycles. The molecule has 0 saturated carbocycles. The van der Waals surface area contributed by atoms with Gasteiger partial charge in [0.05, 0.1) is 14.2 Å². The highest BCUT2D eigenvalue weighted by Crippen LogP contribution is 2.25. The molecule has 0 atom stereocenters. The van der Waals surface area contributed by atoms with Gasteiger partial charge < -0.3 is 14.8 Å². The summed E-state index contributed by atoms with van der Waals surface area (Å²) in [6.45, 7) is 3.67. The molecule has 9 heteroatoms. The number of hydrogen-bond acceptors (Lipinski definition) is 6. The number of ether oxygens (including phenoxy) is 2. The number of rotatable bonds is 8. The number of amides is 1. The molecule has 2 aromatic rings. The Morgan fingerprint density at radius 3 is 2.44 bits per heavy atom. The molecule has 0 radical (unpaired) electrons. The molecule has 2 rings (SSSR count). The van der Waals surface area contributed by atoms with Crippen LogP contribution in [0.4, 0.5) is 0 Å². The lowest BCUT2D eigenvalue weighted by molar-refractivity contribution is 0.0950. The highest BCUT2D eigenvalue weighted by molar-refractivity contribution is 7.89. The number of methoxy groups -OCH3 is 2. The van der Waals surface area contributed by atoms with E-state index in [0.717, 1.165) is 5.56 Å². The molecule has 1 aromatic heterocycles. The van der Waals surface area contributed by atoms with Crippen molar-refractivity contribution in [3.8, 4) is 11.6 Å². The van der Waals surface area contributed by atoms with E-state index in [-0.39, 0.29) is 28.8 Å². The second kappa shape index (κ2) is 8.83. The Morgan fingerprint density at radius 1 is 1.15 bits per heavy atom. The molecule has 146 valence electrons. The Kier molecular flexibility index (Phi) is 6.75. The highest BCUT2D eigenvalue weighted by atomic mass is 32.2. The van der Waals surface area contributed by atoms with Gasteiger partial charge in [-0.15, -0.1) is 0 Å². The first-order valence-corrected chi connectivity index (χ1v) is 9.72. The largest absolute Gasteiger partial charge is 0.495 e. The summed E-state index contributed by atoms with van der Waals surface area (Å²) in [6.07, 6.45) is 1.59. The van der Waals surface area contributed by atoms with E-state index in [1.807, 2.05) is 0 Å². The Hall–Kier alpha value is -2.65. The molecule has 27 heavy (non-hydrogen) atoms. The molecular weight excluding hydrogens is 370 g/mol. The highest BCUT2D eigenvalue weighted by Gasteiger charge is 2.22. The van der Waals surface area contributed by atoms with Crippen LogP contribution in [-0.2, 0) is 16.6 Å². The van der Waals surface area contributed by atoms with E-state index in [1.54, 1.807) is 32.2 Å². The minimum absolute atomic E-state index is 0.0857. The van der Waals surface area contributed by atoms with Crippen molar-refractivity contribution >= 4 is 15.9 Å². The summed E-state index contributed by atoms with van der Waals surface area (Å²) in [5.74, 6) is 0.237. The molecule has 8 nitrogen and oxygen atoms in total. The number of nitrogens with one attached hydrogen (secondary N) is 2. The van der Waals surface area contributed by atoms with E-state index < -0.39 is 15.9 Å². The second-order valence-electron chi connectivity index (χ2n) is 6.03. The first-order chi connectivity index (χ1) is 12.8. The molecule has 0 aliphatic heterocycles. The van der Waals surface area contributed by atoms with Crippen molar-refractivity contribution in [2.24, 2.45) is 0 Å². The minimum Gasteiger partial charge on any atom is -0.495 e. The van der Waals surface area contributed by atoms with Crippen LogP contribution in [0.1, 0.15) is 29.8 Å². The number of carbonyl (C=O) groups is 1. The number of aromatic nitrogens is 1. The van der Waals surface area contributed by atoms with Crippen molar-refractivity contribution < 1.29 is 22.7 Å². The van der Waals surface area contributed by atoms with Crippen LogP contribution in [0.5, 0.6) is 11.6 Å². The van der Waals surface area contributed by atoms with Crippen LogP contribution < -0.4 is 19.5 Å². The smallest absolute Gasteiger partial charge is 0.251 e. The number of hydrogen-bond donors (Lipinski definition) is 2. The van der Waals surface area contributed by atoms with Gasteiger partial charge in [0.1, 0.15) is 10.6 Å². The first-order valence-electron chi connectivity index (χ1n) is 8.24. The SMILES string of the molecule is COc1ccc(CNC(=O)c2ccc(OC)c(S(=O)(=O)NC(C)C)c2)cn1. The van der Waals surface area contributed by atoms with Gasteiger partial charge in [0, 0.05) is 30.4 Å². The summed E-state index contributed by atoms with van der Waals surface area (Å²) in [7, 11) is -0.916. The van der Waals surface area contributed by atoms with Gasteiger partial charge in [-0.3, -0.25) is 4.79 Å². The van der Waals surface area contributed by atoms with E-state index in [9.17, 15) is 13.2 Å². The van der Waals surface area contributed by atoms with Crippen LogP contribution in [0, 0.1) is 0 Å². The molecule has 1 heterocycles. The average Bonchev–Trinajstić information content (AvgIpc) is 2.65. The first kappa shape index (κ1) is 20.7. The summed E-state index contributed by atoms with van der Waals surface area (Å²) in [5.41, 5.74) is 0.994. The summed E-state index contributed by atoms with van der Waals surface area (Å²) in [5, 5.41) is 2.73. The minimum atomic E-state index is -3.81. The van der Waals surface area contributed by atoms with Crippen molar-refractivity contribution in [2.75, 3.05) is 14.2 Å². The lowest BCUT2D eigenvalue weighted by Crippen LogP contribution is -2.31. The van der Waals surface area contributed by atoms with E-state index in [0.29, 0.717) is 5.88 Å². The third-order valence-electron chi connectivity index (χ3n) is 3.57. The van der Waals surface area contributed by atoms with Gasteiger partial charge in [0.15, 0.2) is 0 Å². The van der Waals surface area contributed by atoms with Gasteiger partial charge in [-0.05, 0) is 37.6 Å². The number of benzene rings is 1. The number of nitrogens with zero attached hydrogens (tertiary/aromatic N) is 1. The summed E-state index contributed by atoms with van der Waals surface area (Å²) >= 11 is 0. The van der Waals surface area contributed by atoms with Gasteiger partial charge >= 0.3 is 0 Å². The zero-order chi connectivity index (χ0) is 20.0. The van der Waals surface area contributed by atoms with Gasteiger partial charge in [-0.25, -0.2) is 18.1 Å². The van der Waals surface area contributed by atoms with E-state index in [1.165, 1.54) is 32.4 Å². The normalized spacial score (nSPS) is 11.3. The lowest BCUT2D eigenvalue weighted by Gasteiger charge is -2.14. The van der Waals surface area contributed by atoms with Crippen molar-refractivity contribution in [1.29, 1.82) is 0 Å². The average molecular weight is 393 g/mol. The van der Waals surface area contributed by atoms with Crippen molar-refractivity contribution in [2.45, 2.75) is 31.3 Å². The van der Waals surface area contributed by atoms with Crippen LogP contribution in [0.2, 0.25) is 0 Å². The maximum Gasteiger partial charge on any atom is 0.251 e. The Labute approximate surface area is 159 Å². The van der Waals surface area contributed by atoms with Gasteiger partial charge in [-0.2, -0.15) is 0 Å². The predicted octanol–water partition coefficient (Wildman–Crippen LogP) is 1.72. The van der Waals surface area contributed by atoms with Crippen LogP contribution >= 0.6 is 0 Å².